The van der Waals surface area contributed by atoms with E-state index in [1.807, 2.05) is 25.1 Å². The Morgan fingerprint density at radius 2 is 1.74 bits per heavy atom. The summed E-state index contributed by atoms with van der Waals surface area (Å²) >= 11 is 0. The quantitative estimate of drug-likeness (QED) is 0.151. The number of carbonyl (C=O) groups is 1. The number of rotatable bonds is 4. The maximum absolute atomic E-state index is 16.4. The Labute approximate surface area is 194 Å². The van der Waals surface area contributed by atoms with Crippen LogP contribution in [-0.4, -0.2) is 10.5 Å². The summed E-state index contributed by atoms with van der Waals surface area (Å²) in [7, 11) is 0. The molecule has 0 saturated heterocycles. The summed E-state index contributed by atoms with van der Waals surface area (Å²) in [4.78, 5) is 16.0. The highest BCUT2D eigenvalue weighted by Gasteiger charge is 2.52. The van der Waals surface area contributed by atoms with E-state index in [-0.39, 0.29) is 22.4 Å². The molecule has 1 aromatic heterocycles. The smallest absolute Gasteiger partial charge is 0.257 e. The second kappa shape index (κ2) is 8.17. The molecule has 5 rings (SSSR count). The van der Waals surface area contributed by atoms with Gasteiger partial charge in [-0.2, -0.15) is 0 Å². The van der Waals surface area contributed by atoms with E-state index in [1.54, 1.807) is 59.2 Å². The van der Waals surface area contributed by atoms with Crippen molar-refractivity contribution in [2.24, 2.45) is 5.11 Å². The van der Waals surface area contributed by atoms with Crippen molar-refractivity contribution in [3.63, 3.8) is 0 Å². The van der Waals surface area contributed by atoms with Crippen molar-refractivity contribution < 1.29 is 13.6 Å². The van der Waals surface area contributed by atoms with E-state index in [0.29, 0.717) is 16.9 Å². The lowest BCUT2D eigenvalue weighted by Crippen LogP contribution is -2.30. The molecule has 1 amide bonds. The molecule has 4 aromatic rings. The minimum absolute atomic E-state index is 0.0469. The Morgan fingerprint density at radius 1 is 1.06 bits per heavy atom. The molecule has 0 aliphatic heterocycles. The van der Waals surface area contributed by atoms with Gasteiger partial charge in [0.1, 0.15) is 0 Å². The third kappa shape index (κ3) is 3.32. The fourth-order valence-corrected chi connectivity index (χ4v) is 4.36. The van der Waals surface area contributed by atoms with Gasteiger partial charge < -0.3 is 9.88 Å². The number of carbonyl (C=O) groups excluding carboxylic acids is 1. The van der Waals surface area contributed by atoms with Crippen molar-refractivity contribution in [1.29, 1.82) is 0 Å². The molecule has 2 atom stereocenters. The molecule has 3 aromatic carbocycles. The molecule has 1 aliphatic rings. The van der Waals surface area contributed by atoms with Crippen LogP contribution >= 0.6 is 0 Å². The molecule has 6 nitrogen and oxygen atoms in total. The molecule has 168 valence electrons. The van der Waals surface area contributed by atoms with Crippen LogP contribution in [0.1, 0.15) is 33.2 Å². The van der Waals surface area contributed by atoms with Crippen LogP contribution in [0.2, 0.25) is 0 Å². The molecular formula is C26H19F2N5O. The summed E-state index contributed by atoms with van der Waals surface area (Å²) in [6, 6.07) is 22.5. The number of hydrogen-bond donors (Lipinski definition) is 1. The molecule has 34 heavy (non-hydrogen) atoms. The summed E-state index contributed by atoms with van der Waals surface area (Å²) in [5, 5.41) is 5.99. The predicted molar refractivity (Wildman–Crippen MR) is 126 cm³/mol. The highest BCUT2D eigenvalue weighted by molar-refractivity contribution is 6.07. The lowest BCUT2D eigenvalue weighted by molar-refractivity contribution is 0.0492. The van der Waals surface area contributed by atoms with E-state index in [4.69, 9.17) is 5.53 Å². The Morgan fingerprint density at radius 3 is 2.44 bits per heavy atom. The van der Waals surface area contributed by atoms with E-state index in [2.05, 4.69) is 15.3 Å². The number of nitrogens with one attached hydrogen (secondary N) is 1. The summed E-state index contributed by atoms with van der Waals surface area (Å²) < 4.78 is 33.7. The molecule has 0 bridgehead atoms. The minimum atomic E-state index is -3.11. The van der Waals surface area contributed by atoms with E-state index >= 15 is 8.78 Å². The van der Waals surface area contributed by atoms with Crippen LogP contribution < -0.4 is 5.32 Å². The number of fused-ring (bicyclic) bond motifs is 3. The van der Waals surface area contributed by atoms with Crippen molar-refractivity contribution in [3.8, 4) is 16.9 Å². The fraction of sp³-hybridized carbons (Fsp3) is 0.115. The van der Waals surface area contributed by atoms with E-state index in [1.165, 1.54) is 12.3 Å². The number of para-hydroxylation sites is 1. The average Bonchev–Trinajstić information content (AvgIpc) is 3.27. The summed E-state index contributed by atoms with van der Waals surface area (Å²) in [5.74, 6) is -3.75. The number of nitrogens with zero attached hydrogens (tertiary/aromatic N) is 4. The fourth-order valence-electron chi connectivity index (χ4n) is 4.36. The van der Waals surface area contributed by atoms with E-state index < -0.39 is 17.9 Å². The molecule has 8 heteroatoms. The normalized spacial score (nSPS) is 18.4. The molecule has 0 spiro atoms. The first-order chi connectivity index (χ1) is 16.4. The summed E-state index contributed by atoms with van der Waals surface area (Å²) in [6.07, 6.45) is -0.829. The van der Waals surface area contributed by atoms with Gasteiger partial charge in [-0.25, -0.2) is 8.78 Å². The second-order valence-electron chi connectivity index (χ2n) is 8.10. The van der Waals surface area contributed by atoms with Crippen LogP contribution in [0, 0.1) is 6.92 Å². The molecule has 0 radical (unpaired) electrons. The van der Waals surface area contributed by atoms with Crippen molar-refractivity contribution in [2.45, 2.75) is 18.9 Å². The zero-order chi connectivity index (χ0) is 23.9. The molecule has 2 unspecified atom stereocenters. The van der Waals surface area contributed by atoms with Gasteiger partial charge in [-0.05, 0) is 47.4 Å². The highest BCUT2D eigenvalue weighted by Crippen LogP contribution is 2.55. The second-order valence-corrected chi connectivity index (χ2v) is 8.10. The molecule has 1 heterocycles. The van der Waals surface area contributed by atoms with Gasteiger partial charge in [0.15, 0.2) is 6.17 Å². The molecule has 0 saturated carbocycles. The minimum Gasteiger partial charge on any atom is -0.322 e. The van der Waals surface area contributed by atoms with Crippen molar-refractivity contribution in [2.75, 3.05) is 5.32 Å². The maximum atomic E-state index is 16.4. The van der Waals surface area contributed by atoms with Gasteiger partial charge in [0.25, 0.3) is 11.7 Å². The first-order valence-corrected chi connectivity index (χ1v) is 10.6. The third-order valence-electron chi connectivity index (χ3n) is 5.96. The lowest BCUT2D eigenvalue weighted by Gasteiger charge is -2.32. The van der Waals surface area contributed by atoms with Gasteiger partial charge >= 0.3 is 0 Å². The zero-order valence-electron chi connectivity index (χ0n) is 18.1. The molecule has 1 N–H and O–H groups in total. The van der Waals surface area contributed by atoms with Gasteiger partial charge in [0, 0.05) is 33.6 Å². The van der Waals surface area contributed by atoms with E-state index in [9.17, 15) is 4.79 Å². The Kier molecular flexibility index (Phi) is 5.15. The Hall–Kier alpha value is -4.42. The number of halogens is 2. The number of benzene rings is 3. The highest BCUT2D eigenvalue weighted by atomic mass is 19.2. The Balaban J connectivity index is 1.79. The van der Waals surface area contributed by atoms with Crippen LogP contribution in [-0.2, 0) is 5.79 Å². The largest absolute Gasteiger partial charge is 0.322 e. The summed E-state index contributed by atoms with van der Waals surface area (Å²) in [6.45, 7) is 1.91. The summed E-state index contributed by atoms with van der Waals surface area (Å²) in [5.41, 5.74) is 11.6. The Bertz CT molecular complexity index is 1440. The number of anilines is 1. The standard InChI is InChI=1S/C26H19F2N5O/c1-16-11-13-17(14-12-16)30-25(34)21-15-33(18-7-3-2-4-8-18)23-19-9-5-6-10-20(19)24(27)26(28,22(21)23)31-32-29/h2-15,24H,1H3,(H,30,34). The molecule has 0 fully saturated rings. The van der Waals surface area contributed by atoms with Crippen LogP contribution in [0.4, 0.5) is 14.5 Å². The maximum Gasteiger partial charge on any atom is 0.257 e. The topological polar surface area (TPSA) is 82.8 Å². The first-order valence-electron chi connectivity index (χ1n) is 10.6. The van der Waals surface area contributed by atoms with Gasteiger partial charge in [-0.3, -0.25) is 4.79 Å². The van der Waals surface area contributed by atoms with Crippen molar-refractivity contribution >= 4 is 11.6 Å². The van der Waals surface area contributed by atoms with Gasteiger partial charge in [0.05, 0.1) is 11.3 Å². The predicted octanol–water partition coefficient (Wildman–Crippen LogP) is 7.16. The number of alkyl halides is 2. The molecular weight excluding hydrogens is 436 g/mol. The van der Waals surface area contributed by atoms with Crippen LogP contribution in [0.3, 0.4) is 0 Å². The van der Waals surface area contributed by atoms with Crippen LogP contribution in [0.25, 0.3) is 27.4 Å². The number of azide groups is 1. The van der Waals surface area contributed by atoms with Gasteiger partial charge in [-0.15, -0.1) is 0 Å². The lowest BCUT2D eigenvalue weighted by atomic mass is 9.82. The first kappa shape index (κ1) is 21.4. The number of aryl methyl sites for hydroxylation is 1. The van der Waals surface area contributed by atoms with Gasteiger partial charge in [-0.1, -0.05) is 60.2 Å². The average molecular weight is 455 g/mol. The number of hydrogen-bond acceptors (Lipinski definition) is 2. The monoisotopic (exact) mass is 455 g/mol. The SMILES string of the molecule is Cc1ccc(NC(=O)c2cn(-c3ccccc3)c3c2C(F)(N=[N+]=[N-])C(F)c2ccccc2-3)cc1. The van der Waals surface area contributed by atoms with Gasteiger partial charge in [0.2, 0.25) is 0 Å². The number of amides is 1. The zero-order valence-corrected chi connectivity index (χ0v) is 18.1. The van der Waals surface area contributed by atoms with E-state index in [0.717, 1.165) is 5.56 Å². The van der Waals surface area contributed by atoms with Crippen LogP contribution in [0.5, 0.6) is 0 Å². The third-order valence-corrected chi connectivity index (χ3v) is 5.96. The van der Waals surface area contributed by atoms with Crippen LogP contribution in [0.15, 0.2) is 90.2 Å². The molecule has 1 aliphatic carbocycles. The number of aromatic nitrogens is 1. The van der Waals surface area contributed by atoms with Crippen molar-refractivity contribution in [3.05, 3.63) is 118 Å². The van der Waals surface area contributed by atoms with Crippen molar-refractivity contribution in [1.82, 2.24) is 4.57 Å².